The van der Waals surface area contributed by atoms with E-state index < -0.39 is 5.54 Å². The molecule has 0 aromatic carbocycles. The second-order valence-electron chi connectivity index (χ2n) is 4.94. The fraction of sp³-hybridized carbons (Fsp3) is 0.917. The molecule has 6 heteroatoms. The molecular weight excluding hydrogens is 234 g/mol. The fourth-order valence-corrected chi connectivity index (χ4v) is 1.72. The van der Waals surface area contributed by atoms with E-state index in [1.54, 1.807) is 0 Å². The molecule has 0 unspecified atom stereocenters. The Kier molecular flexibility index (Phi) is 6.56. The number of amides is 1. The molecule has 0 aromatic rings. The molecule has 0 aromatic heterocycles. The highest BCUT2D eigenvalue weighted by Crippen LogP contribution is 2.17. The van der Waals surface area contributed by atoms with Gasteiger partial charge in [0, 0.05) is 26.3 Å². The third-order valence-electron chi connectivity index (χ3n) is 3.05. The lowest BCUT2D eigenvalue weighted by atomic mass is 9.90. The largest absolute Gasteiger partial charge is 0.381 e. The number of hydrogen-bond donors (Lipinski definition) is 2. The van der Waals surface area contributed by atoms with Crippen LogP contribution >= 0.6 is 0 Å². The number of nitrogens with one attached hydrogen (secondary N) is 1. The van der Waals surface area contributed by atoms with Gasteiger partial charge in [0.05, 0.1) is 18.8 Å². The molecule has 0 aliphatic carbocycles. The van der Waals surface area contributed by atoms with E-state index in [-0.39, 0.29) is 5.91 Å². The smallest absolute Gasteiger partial charge is 0.240 e. The Labute approximate surface area is 109 Å². The van der Waals surface area contributed by atoms with Gasteiger partial charge in [-0.2, -0.15) is 0 Å². The lowest BCUT2D eigenvalue weighted by Crippen LogP contribution is -2.57. The molecule has 3 N–H and O–H groups in total. The van der Waals surface area contributed by atoms with Gasteiger partial charge in [0.25, 0.3) is 0 Å². The highest BCUT2D eigenvalue weighted by Gasteiger charge is 2.35. The summed E-state index contributed by atoms with van der Waals surface area (Å²) >= 11 is 0. The summed E-state index contributed by atoms with van der Waals surface area (Å²) in [6, 6.07) is 0. The summed E-state index contributed by atoms with van der Waals surface area (Å²) in [6.45, 7) is 3.70. The first-order valence-corrected chi connectivity index (χ1v) is 6.42. The maximum atomic E-state index is 11.9. The van der Waals surface area contributed by atoms with Gasteiger partial charge in [-0.25, -0.2) is 0 Å². The summed E-state index contributed by atoms with van der Waals surface area (Å²) in [6.07, 6.45) is 1.17. The summed E-state index contributed by atoms with van der Waals surface area (Å²) in [4.78, 5) is 14.0. The molecule has 0 atom stereocenters. The minimum atomic E-state index is -0.762. The van der Waals surface area contributed by atoms with Crippen LogP contribution in [-0.2, 0) is 14.3 Å². The molecular formula is C12H25N3O3. The number of nitrogens with two attached hydrogens (primary N) is 1. The molecule has 18 heavy (non-hydrogen) atoms. The first kappa shape index (κ1) is 15.4. The molecule has 0 radical (unpaired) electrons. The van der Waals surface area contributed by atoms with Crippen molar-refractivity contribution < 1.29 is 14.3 Å². The second-order valence-corrected chi connectivity index (χ2v) is 4.94. The van der Waals surface area contributed by atoms with Crippen molar-refractivity contribution in [1.29, 1.82) is 0 Å². The highest BCUT2D eigenvalue weighted by molar-refractivity contribution is 5.86. The van der Waals surface area contributed by atoms with Crippen LogP contribution in [0, 0.1) is 0 Å². The number of hydrogen-bond acceptors (Lipinski definition) is 5. The van der Waals surface area contributed by atoms with Gasteiger partial charge in [-0.15, -0.1) is 0 Å². The molecule has 0 spiro atoms. The number of likely N-dealkylation sites (N-methyl/N-ethyl adjacent to an activating group) is 1. The average Bonchev–Trinajstić information content (AvgIpc) is 2.34. The third-order valence-corrected chi connectivity index (χ3v) is 3.05. The quantitative estimate of drug-likeness (QED) is 0.585. The Morgan fingerprint density at radius 3 is 2.67 bits per heavy atom. The van der Waals surface area contributed by atoms with E-state index in [1.165, 1.54) is 0 Å². The van der Waals surface area contributed by atoms with Crippen LogP contribution in [0.3, 0.4) is 0 Å². The van der Waals surface area contributed by atoms with E-state index in [1.807, 2.05) is 14.1 Å². The Balaban J connectivity index is 2.09. The molecule has 1 saturated heterocycles. The van der Waals surface area contributed by atoms with Gasteiger partial charge >= 0.3 is 0 Å². The summed E-state index contributed by atoms with van der Waals surface area (Å²) in [7, 11) is 3.99. The van der Waals surface area contributed by atoms with Crippen LogP contribution in [0.25, 0.3) is 0 Å². The van der Waals surface area contributed by atoms with E-state index in [2.05, 4.69) is 10.2 Å². The predicted molar refractivity (Wildman–Crippen MR) is 69.4 cm³/mol. The van der Waals surface area contributed by atoms with Gasteiger partial charge < -0.3 is 25.4 Å². The first-order valence-electron chi connectivity index (χ1n) is 6.42. The van der Waals surface area contributed by atoms with Crippen LogP contribution in [0.5, 0.6) is 0 Å². The molecule has 1 rings (SSSR count). The predicted octanol–water partition coefficient (Wildman–Crippen LogP) is -0.811. The van der Waals surface area contributed by atoms with Crippen LogP contribution in [0.4, 0.5) is 0 Å². The van der Waals surface area contributed by atoms with Crippen molar-refractivity contribution in [2.45, 2.75) is 18.4 Å². The van der Waals surface area contributed by atoms with Crippen molar-refractivity contribution >= 4 is 5.91 Å². The minimum absolute atomic E-state index is 0.0954. The monoisotopic (exact) mass is 259 g/mol. The topological polar surface area (TPSA) is 76.8 Å². The highest BCUT2D eigenvalue weighted by atomic mass is 16.5. The lowest BCUT2D eigenvalue weighted by molar-refractivity contribution is -0.130. The van der Waals surface area contributed by atoms with E-state index in [0.717, 1.165) is 6.54 Å². The molecule has 0 bridgehead atoms. The van der Waals surface area contributed by atoms with Crippen molar-refractivity contribution in [1.82, 2.24) is 10.2 Å². The molecule has 1 aliphatic rings. The van der Waals surface area contributed by atoms with E-state index >= 15 is 0 Å². The van der Waals surface area contributed by atoms with Crippen LogP contribution in [0.1, 0.15) is 12.8 Å². The summed E-state index contributed by atoms with van der Waals surface area (Å²) < 4.78 is 10.6. The van der Waals surface area contributed by atoms with Gasteiger partial charge in [0.2, 0.25) is 5.91 Å². The molecule has 6 nitrogen and oxygen atoms in total. The standard InChI is InChI=1S/C12H25N3O3/c1-15(2)6-10-18-9-5-14-11(16)12(13)3-7-17-8-4-12/h3-10,13H2,1-2H3,(H,14,16). The Morgan fingerprint density at radius 1 is 1.39 bits per heavy atom. The van der Waals surface area contributed by atoms with Crippen molar-refractivity contribution in [3.8, 4) is 0 Å². The van der Waals surface area contributed by atoms with E-state index in [9.17, 15) is 4.79 Å². The Hall–Kier alpha value is -0.690. The minimum Gasteiger partial charge on any atom is -0.381 e. The van der Waals surface area contributed by atoms with Crippen LogP contribution in [-0.4, -0.2) is 70.0 Å². The zero-order chi connectivity index (χ0) is 13.4. The van der Waals surface area contributed by atoms with E-state index in [0.29, 0.717) is 45.8 Å². The average molecular weight is 259 g/mol. The third kappa shape index (κ3) is 5.30. The van der Waals surface area contributed by atoms with Crippen molar-refractivity contribution in [2.75, 3.05) is 53.6 Å². The Morgan fingerprint density at radius 2 is 2.06 bits per heavy atom. The van der Waals surface area contributed by atoms with Crippen molar-refractivity contribution in [3.63, 3.8) is 0 Å². The van der Waals surface area contributed by atoms with E-state index in [4.69, 9.17) is 15.2 Å². The molecule has 1 aliphatic heterocycles. The summed E-state index contributed by atoms with van der Waals surface area (Å²) in [5.74, 6) is -0.0954. The maximum Gasteiger partial charge on any atom is 0.240 e. The van der Waals surface area contributed by atoms with Crippen molar-refractivity contribution in [2.24, 2.45) is 5.73 Å². The Bertz CT molecular complexity index is 253. The lowest BCUT2D eigenvalue weighted by Gasteiger charge is -2.31. The zero-order valence-corrected chi connectivity index (χ0v) is 11.4. The molecule has 106 valence electrons. The molecule has 1 heterocycles. The SMILES string of the molecule is CN(C)CCOCCNC(=O)C1(N)CCOCC1. The first-order chi connectivity index (χ1) is 8.54. The summed E-state index contributed by atoms with van der Waals surface area (Å²) in [5, 5.41) is 2.82. The molecule has 1 fully saturated rings. The fourth-order valence-electron chi connectivity index (χ4n) is 1.72. The molecule has 0 saturated carbocycles. The second kappa shape index (κ2) is 7.68. The van der Waals surface area contributed by atoms with Crippen molar-refractivity contribution in [3.05, 3.63) is 0 Å². The van der Waals surface area contributed by atoms with Gasteiger partial charge in [-0.1, -0.05) is 0 Å². The number of ether oxygens (including phenoxy) is 2. The number of carbonyl (C=O) groups is 1. The van der Waals surface area contributed by atoms with Crippen LogP contribution in [0.2, 0.25) is 0 Å². The van der Waals surface area contributed by atoms with Crippen LogP contribution in [0.15, 0.2) is 0 Å². The number of nitrogens with zero attached hydrogens (tertiary/aromatic N) is 1. The number of rotatable bonds is 7. The number of carbonyl (C=O) groups excluding carboxylic acids is 1. The van der Waals surface area contributed by atoms with Gasteiger partial charge in [0.15, 0.2) is 0 Å². The normalized spacial score (nSPS) is 18.9. The van der Waals surface area contributed by atoms with Gasteiger partial charge in [0.1, 0.15) is 0 Å². The van der Waals surface area contributed by atoms with Crippen LogP contribution < -0.4 is 11.1 Å². The zero-order valence-electron chi connectivity index (χ0n) is 11.4. The maximum absolute atomic E-state index is 11.9. The molecule has 1 amide bonds. The summed E-state index contributed by atoms with van der Waals surface area (Å²) in [5.41, 5.74) is 5.28. The van der Waals surface area contributed by atoms with Gasteiger partial charge in [-0.3, -0.25) is 4.79 Å². The van der Waals surface area contributed by atoms with Gasteiger partial charge in [-0.05, 0) is 26.9 Å².